The lowest BCUT2D eigenvalue weighted by atomic mass is 10.2. The van der Waals surface area contributed by atoms with Crippen LogP contribution in [0.4, 0.5) is 5.69 Å². The molecule has 2 aromatic carbocycles. The maximum Gasteiger partial charge on any atom is 0.264 e. The minimum absolute atomic E-state index is 0.201. The van der Waals surface area contributed by atoms with Gasteiger partial charge in [-0.25, -0.2) is 9.67 Å². The molecular weight excluding hydrogens is 386 g/mol. The first kappa shape index (κ1) is 19.2. The fraction of sp³-hybridized carbons (Fsp3) is 0.143. The standard InChI is InChI=1S/C21H19N5O4/c1-29-15-8-9-17(18(10-15)30-2)24-19(27)12-25-13-22-20-16(21(25)28)11-23-26(20)14-6-4-3-5-7-14/h3-11,13H,12H2,1-2H3,(H,24,27). The molecule has 0 saturated carbocycles. The van der Waals surface area contributed by atoms with Gasteiger partial charge in [-0.1, -0.05) is 18.2 Å². The summed E-state index contributed by atoms with van der Waals surface area (Å²) >= 11 is 0. The predicted molar refractivity (Wildman–Crippen MR) is 111 cm³/mol. The zero-order valence-corrected chi connectivity index (χ0v) is 16.4. The molecule has 1 amide bonds. The minimum atomic E-state index is -0.392. The van der Waals surface area contributed by atoms with Crippen LogP contribution in [0.1, 0.15) is 0 Å². The van der Waals surface area contributed by atoms with Crippen molar-refractivity contribution in [2.45, 2.75) is 6.54 Å². The molecule has 0 unspecified atom stereocenters. The first-order valence-electron chi connectivity index (χ1n) is 9.11. The molecule has 0 atom stereocenters. The van der Waals surface area contributed by atoms with E-state index in [0.29, 0.717) is 28.2 Å². The van der Waals surface area contributed by atoms with E-state index in [1.54, 1.807) is 30.0 Å². The van der Waals surface area contributed by atoms with E-state index < -0.39 is 5.91 Å². The molecule has 30 heavy (non-hydrogen) atoms. The van der Waals surface area contributed by atoms with Crippen LogP contribution in [0.5, 0.6) is 11.5 Å². The third kappa shape index (κ3) is 3.60. The summed E-state index contributed by atoms with van der Waals surface area (Å²) in [4.78, 5) is 29.7. The Bertz CT molecular complexity index is 1260. The van der Waals surface area contributed by atoms with Crippen LogP contribution >= 0.6 is 0 Å². The zero-order valence-electron chi connectivity index (χ0n) is 16.4. The van der Waals surface area contributed by atoms with Crippen molar-refractivity contribution in [1.29, 1.82) is 0 Å². The molecule has 0 saturated heterocycles. The van der Waals surface area contributed by atoms with Gasteiger partial charge in [-0.05, 0) is 24.3 Å². The smallest absolute Gasteiger partial charge is 0.264 e. The van der Waals surface area contributed by atoms with Gasteiger partial charge in [-0.2, -0.15) is 5.10 Å². The molecule has 2 heterocycles. The van der Waals surface area contributed by atoms with Crippen molar-refractivity contribution in [3.05, 3.63) is 71.4 Å². The molecule has 0 aliphatic carbocycles. The van der Waals surface area contributed by atoms with Gasteiger partial charge in [0.2, 0.25) is 5.91 Å². The van der Waals surface area contributed by atoms with Gasteiger partial charge in [-0.15, -0.1) is 0 Å². The van der Waals surface area contributed by atoms with Crippen molar-refractivity contribution in [1.82, 2.24) is 19.3 Å². The Morgan fingerprint density at radius 1 is 1.10 bits per heavy atom. The van der Waals surface area contributed by atoms with Crippen molar-refractivity contribution in [2.75, 3.05) is 19.5 Å². The lowest BCUT2D eigenvalue weighted by Crippen LogP contribution is -2.28. The van der Waals surface area contributed by atoms with E-state index in [4.69, 9.17) is 9.47 Å². The molecule has 0 bridgehead atoms. The van der Waals surface area contributed by atoms with Crippen LogP contribution in [0.3, 0.4) is 0 Å². The summed E-state index contributed by atoms with van der Waals surface area (Å²) in [6, 6.07) is 14.4. The van der Waals surface area contributed by atoms with Crippen LogP contribution < -0.4 is 20.3 Å². The number of hydrogen-bond donors (Lipinski definition) is 1. The summed E-state index contributed by atoms with van der Waals surface area (Å²) in [7, 11) is 3.04. The molecule has 4 aromatic rings. The monoisotopic (exact) mass is 405 g/mol. The zero-order chi connectivity index (χ0) is 21.1. The quantitative estimate of drug-likeness (QED) is 0.528. The number of amides is 1. The van der Waals surface area contributed by atoms with Crippen LogP contribution in [0.15, 0.2) is 65.8 Å². The number of anilines is 1. The number of fused-ring (bicyclic) bond motifs is 1. The number of benzene rings is 2. The molecule has 0 aliphatic rings. The number of carbonyl (C=O) groups is 1. The molecule has 152 valence electrons. The summed E-state index contributed by atoms with van der Waals surface area (Å²) in [5.74, 6) is 0.663. The van der Waals surface area contributed by atoms with Crippen molar-refractivity contribution < 1.29 is 14.3 Å². The van der Waals surface area contributed by atoms with E-state index in [-0.39, 0.29) is 12.1 Å². The second kappa shape index (κ2) is 8.08. The van der Waals surface area contributed by atoms with Gasteiger partial charge < -0.3 is 14.8 Å². The van der Waals surface area contributed by atoms with Gasteiger partial charge >= 0.3 is 0 Å². The topological polar surface area (TPSA) is 100 Å². The Balaban J connectivity index is 1.58. The van der Waals surface area contributed by atoms with E-state index >= 15 is 0 Å². The molecule has 1 N–H and O–H groups in total. The Labute approximate surface area is 171 Å². The van der Waals surface area contributed by atoms with E-state index in [2.05, 4.69) is 15.4 Å². The number of rotatable bonds is 6. The number of carbonyl (C=O) groups excluding carboxylic acids is 1. The van der Waals surface area contributed by atoms with Crippen molar-refractivity contribution in [3.8, 4) is 17.2 Å². The summed E-state index contributed by atoms with van der Waals surface area (Å²) in [5, 5.41) is 7.33. The molecule has 4 rings (SSSR count). The second-order valence-electron chi connectivity index (χ2n) is 6.42. The van der Waals surface area contributed by atoms with Gasteiger partial charge in [0.15, 0.2) is 5.65 Å². The molecular formula is C21H19N5O4. The fourth-order valence-electron chi connectivity index (χ4n) is 3.07. The lowest BCUT2D eigenvalue weighted by molar-refractivity contribution is -0.116. The highest BCUT2D eigenvalue weighted by Crippen LogP contribution is 2.28. The number of aromatic nitrogens is 4. The maximum atomic E-state index is 12.8. The largest absolute Gasteiger partial charge is 0.497 e. The molecule has 2 aromatic heterocycles. The summed E-state index contributed by atoms with van der Waals surface area (Å²) in [6.45, 7) is -0.201. The Morgan fingerprint density at radius 3 is 2.63 bits per heavy atom. The number of nitrogens with zero attached hydrogens (tertiary/aromatic N) is 4. The average Bonchev–Trinajstić information content (AvgIpc) is 3.21. The highest BCUT2D eigenvalue weighted by molar-refractivity contribution is 5.92. The van der Waals surface area contributed by atoms with Gasteiger partial charge in [0, 0.05) is 6.07 Å². The Hall–Kier alpha value is -4.14. The predicted octanol–water partition coefficient (Wildman–Crippen LogP) is 2.24. The van der Waals surface area contributed by atoms with Crippen molar-refractivity contribution in [2.24, 2.45) is 0 Å². The summed E-state index contributed by atoms with van der Waals surface area (Å²) in [5.41, 5.74) is 1.35. The van der Waals surface area contributed by atoms with E-state index in [9.17, 15) is 9.59 Å². The minimum Gasteiger partial charge on any atom is -0.497 e. The molecule has 9 heteroatoms. The molecule has 0 aliphatic heterocycles. The van der Waals surface area contributed by atoms with E-state index in [1.807, 2.05) is 30.3 Å². The molecule has 0 radical (unpaired) electrons. The number of nitrogens with one attached hydrogen (secondary N) is 1. The summed E-state index contributed by atoms with van der Waals surface area (Å²) in [6.07, 6.45) is 2.80. The number of methoxy groups -OCH3 is 2. The second-order valence-corrected chi connectivity index (χ2v) is 6.42. The highest BCUT2D eigenvalue weighted by atomic mass is 16.5. The van der Waals surface area contributed by atoms with Crippen LogP contribution in [-0.4, -0.2) is 39.5 Å². The fourth-order valence-corrected chi connectivity index (χ4v) is 3.07. The first-order chi connectivity index (χ1) is 14.6. The third-order valence-electron chi connectivity index (χ3n) is 4.55. The highest BCUT2D eigenvalue weighted by Gasteiger charge is 2.14. The molecule has 9 nitrogen and oxygen atoms in total. The van der Waals surface area contributed by atoms with Gasteiger partial charge in [0.25, 0.3) is 5.56 Å². The molecule has 0 fully saturated rings. The summed E-state index contributed by atoms with van der Waals surface area (Å²) < 4.78 is 13.3. The van der Waals surface area contributed by atoms with Crippen molar-refractivity contribution >= 4 is 22.6 Å². The first-order valence-corrected chi connectivity index (χ1v) is 9.11. The van der Waals surface area contributed by atoms with E-state index in [0.717, 1.165) is 5.69 Å². The third-order valence-corrected chi connectivity index (χ3v) is 4.55. The van der Waals surface area contributed by atoms with E-state index in [1.165, 1.54) is 24.2 Å². The maximum absolute atomic E-state index is 12.8. The molecule has 0 spiro atoms. The van der Waals surface area contributed by atoms with Crippen LogP contribution in [0.2, 0.25) is 0 Å². The van der Waals surface area contributed by atoms with Gasteiger partial charge in [-0.3, -0.25) is 14.2 Å². The number of ether oxygens (including phenoxy) is 2. The van der Waals surface area contributed by atoms with Crippen LogP contribution in [0, 0.1) is 0 Å². The SMILES string of the molecule is COc1ccc(NC(=O)Cn2cnc3c(cnn3-c3ccccc3)c2=O)c(OC)c1. The lowest BCUT2D eigenvalue weighted by Gasteiger charge is -2.12. The van der Waals surface area contributed by atoms with Gasteiger partial charge in [0.05, 0.1) is 31.8 Å². The van der Waals surface area contributed by atoms with Crippen molar-refractivity contribution in [3.63, 3.8) is 0 Å². The van der Waals surface area contributed by atoms with Crippen LogP contribution in [0.25, 0.3) is 16.7 Å². The average molecular weight is 405 g/mol. The van der Waals surface area contributed by atoms with Gasteiger partial charge in [0.1, 0.15) is 29.8 Å². The number of para-hydroxylation sites is 1. The number of hydrogen-bond acceptors (Lipinski definition) is 6. The van der Waals surface area contributed by atoms with Crippen LogP contribution in [-0.2, 0) is 11.3 Å². The Morgan fingerprint density at radius 2 is 1.90 bits per heavy atom. The Kier molecular flexibility index (Phi) is 5.17. The normalized spacial score (nSPS) is 10.7.